The number of aromatic nitrogens is 1. The number of nitrogen functional groups attached to an aromatic ring is 1. The van der Waals surface area contributed by atoms with Crippen LogP contribution in [0.3, 0.4) is 0 Å². The molecule has 1 aliphatic heterocycles. The van der Waals surface area contributed by atoms with Gasteiger partial charge >= 0.3 is 0 Å². The molecule has 2 rings (SSSR count). The normalized spacial score (nSPS) is 15.6. The van der Waals surface area contributed by atoms with Crippen molar-refractivity contribution in [2.75, 3.05) is 44.3 Å². The van der Waals surface area contributed by atoms with Gasteiger partial charge in [-0.15, -0.1) is 0 Å². The summed E-state index contributed by atoms with van der Waals surface area (Å²) in [7, 11) is 1.76. The number of carbonyl (C=O) groups excluding carboxylic acids is 1. The Morgan fingerprint density at radius 2 is 2.21 bits per heavy atom. The molecule has 0 spiro atoms. The third kappa shape index (κ3) is 3.81. The second-order valence-electron chi connectivity index (χ2n) is 4.64. The zero-order chi connectivity index (χ0) is 13.7. The number of anilines is 2. The highest BCUT2D eigenvalue weighted by Crippen LogP contribution is 2.24. The maximum Gasteiger partial charge on any atom is 0.265 e. The Bertz CT molecular complexity index is 428. The Morgan fingerprint density at radius 3 is 2.84 bits per heavy atom. The molecule has 1 aliphatic rings. The molecule has 4 N–H and O–H groups in total. The summed E-state index contributed by atoms with van der Waals surface area (Å²) >= 11 is 1.28. The molecule has 1 amide bonds. The Morgan fingerprint density at radius 1 is 1.47 bits per heavy atom. The van der Waals surface area contributed by atoms with E-state index in [1.165, 1.54) is 37.3 Å². The second-order valence-corrected chi connectivity index (χ2v) is 5.64. The number of nitrogens with one attached hydrogen (secondary N) is 2. The van der Waals surface area contributed by atoms with Crippen molar-refractivity contribution in [3.8, 4) is 0 Å². The van der Waals surface area contributed by atoms with Gasteiger partial charge in [0.2, 0.25) is 0 Å². The lowest BCUT2D eigenvalue weighted by atomic mass is 10.3. The molecule has 1 aromatic heterocycles. The quantitative estimate of drug-likeness (QED) is 0.678. The van der Waals surface area contributed by atoms with Gasteiger partial charge in [0.1, 0.15) is 10.7 Å². The van der Waals surface area contributed by atoms with Gasteiger partial charge in [0.05, 0.1) is 0 Å². The van der Waals surface area contributed by atoms with Gasteiger partial charge in [0.25, 0.3) is 5.91 Å². The van der Waals surface area contributed by atoms with Crippen LogP contribution in [0.15, 0.2) is 0 Å². The van der Waals surface area contributed by atoms with Crippen LogP contribution in [0, 0.1) is 0 Å². The maximum atomic E-state index is 11.9. The molecule has 1 fully saturated rings. The van der Waals surface area contributed by atoms with Crippen molar-refractivity contribution >= 4 is 28.2 Å². The SMILES string of the molecule is CNc1nc(N)c(C(=O)NCCCN2CCCC2)s1. The molecule has 7 heteroatoms. The molecule has 1 saturated heterocycles. The molecule has 106 valence electrons. The fourth-order valence-corrected chi connectivity index (χ4v) is 2.95. The summed E-state index contributed by atoms with van der Waals surface area (Å²) in [4.78, 5) is 18.9. The number of nitrogens with zero attached hydrogens (tertiary/aromatic N) is 2. The molecular weight excluding hydrogens is 262 g/mol. The van der Waals surface area contributed by atoms with E-state index in [0.29, 0.717) is 22.4 Å². The van der Waals surface area contributed by atoms with E-state index >= 15 is 0 Å². The minimum absolute atomic E-state index is 0.127. The highest BCUT2D eigenvalue weighted by Gasteiger charge is 2.15. The van der Waals surface area contributed by atoms with Gasteiger partial charge in [-0.3, -0.25) is 4.79 Å². The van der Waals surface area contributed by atoms with Crippen LogP contribution in [0.4, 0.5) is 10.9 Å². The number of carbonyl (C=O) groups is 1. The van der Waals surface area contributed by atoms with Crippen LogP contribution >= 0.6 is 11.3 Å². The molecule has 0 unspecified atom stereocenters. The van der Waals surface area contributed by atoms with Crippen LogP contribution in [0.25, 0.3) is 0 Å². The van der Waals surface area contributed by atoms with Crippen LogP contribution < -0.4 is 16.4 Å². The largest absolute Gasteiger partial charge is 0.382 e. The molecule has 0 aromatic carbocycles. The first-order chi connectivity index (χ1) is 9.20. The average molecular weight is 283 g/mol. The van der Waals surface area contributed by atoms with Crippen LogP contribution in [-0.2, 0) is 0 Å². The van der Waals surface area contributed by atoms with Gasteiger partial charge in [0, 0.05) is 13.6 Å². The Balaban J connectivity index is 1.72. The molecule has 6 nitrogen and oxygen atoms in total. The number of rotatable bonds is 6. The highest BCUT2D eigenvalue weighted by atomic mass is 32.1. The number of amides is 1. The van der Waals surface area contributed by atoms with Crippen LogP contribution in [0.2, 0.25) is 0 Å². The number of hydrogen-bond acceptors (Lipinski definition) is 6. The van der Waals surface area contributed by atoms with E-state index in [4.69, 9.17) is 5.73 Å². The standard InChI is InChI=1S/C12H21N5OS/c1-14-12-16-10(13)9(19-12)11(18)15-5-4-8-17-6-2-3-7-17/h2-8,13H2,1H3,(H,14,16)(H,15,18). The maximum absolute atomic E-state index is 11.9. The van der Waals surface area contributed by atoms with E-state index < -0.39 is 0 Å². The van der Waals surface area contributed by atoms with Gasteiger partial charge < -0.3 is 21.3 Å². The zero-order valence-corrected chi connectivity index (χ0v) is 12.1. The topological polar surface area (TPSA) is 83.3 Å². The van der Waals surface area contributed by atoms with Gasteiger partial charge in [0.15, 0.2) is 5.13 Å². The van der Waals surface area contributed by atoms with Crippen molar-refractivity contribution in [1.29, 1.82) is 0 Å². The molecule has 0 saturated carbocycles. The predicted octanol–water partition coefficient (Wildman–Crippen LogP) is 0.983. The molecule has 2 heterocycles. The monoisotopic (exact) mass is 283 g/mol. The minimum atomic E-state index is -0.127. The Kier molecular flexibility index (Phi) is 4.98. The molecule has 0 radical (unpaired) electrons. The van der Waals surface area contributed by atoms with E-state index in [-0.39, 0.29) is 5.91 Å². The molecule has 0 atom stereocenters. The first-order valence-electron chi connectivity index (χ1n) is 6.65. The van der Waals surface area contributed by atoms with E-state index in [1.807, 2.05) is 0 Å². The minimum Gasteiger partial charge on any atom is -0.382 e. The summed E-state index contributed by atoms with van der Waals surface area (Å²) in [6, 6.07) is 0. The summed E-state index contributed by atoms with van der Waals surface area (Å²) in [6.07, 6.45) is 3.58. The molecule has 1 aromatic rings. The van der Waals surface area contributed by atoms with Crippen molar-refractivity contribution < 1.29 is 4.79 Å². The van der Waals surface area contributed by atoms with Gasteiger partial charge in [-0.25, -0.2) is 4.98 Å². The first-order valence-corrected chi connectivity index (χ1v) is 7.47. The summed E-state index contributed by atoms with van der Waals surface area (Å²) < 4.78 is 0. The van der Waals surface area contributed by atoms with Gasteiger partial charge in [-0.2, -0.15) is 0 Å². The molecule has 0 aliphatic carbocycles. The zero-order valence-electron chi connectivity index (χ0n) is 11.2. The smallest absolute Gasteiger partial charge is 0.265 e. The Hall–Kier alpha value is -1.34. The van der Waals surface area contributed by atoms with Crippen molar-refractivity contribution in [2.45, 2.75) is 19.3 Å². The van der Waals surface area contributed by atoms with Crippen molar-refractivity contribution in [1.82, 2.24) is 15.2 Å². The molecule has 19 heavy (non-hydrogen) atoms. The lowest BCUT2D eigenvalue weighted by Crippen LogP contribution is -2.28. The predicted molar refractivity (Wildman–Crippen MR) is 78.7 cm³/mol. The third-order valence-electron chi connectivity index (χ3n) is 3.21. The fraction of sp³-hybridized carbons (Fsp3) is 0.667. The first kappa shape index (κ1) is 14.1. The lowest BCUT2D eigenvalue weighted by Gasteiger charge is -2.14. The number of hydrogen-bond donors (Lipinski definition) is 3. The highest BCUT2D eigenvalue weighted by molar-refractivity contribution is 7.18. The summed E-state index contributed by atoms with van der Waals surface area (Å²) in [5.74, 6) is 0.171. The van der Waals surface area contributed by atoms with Crippen LogP contribution in [0.1, 0.15) is 28.9 Å². The van der Waals surface area contributed by atoms with Gasteiger partial charge in [-0.1, -0.05) is 11.3 Å². The van der Waals surface area contributed by atoms with Crippen molar-refractivity contribution in [2.24, 2.45) is 0 Å². The summed E-state index contributed by atoms with van der Waals surface area (Å²) in [5, 5.41) is 6.45. The summed E-state index contributed by atoms with van der Waals surface area (Å²) in [5.41, 5.74) is 5.71. The lowest BCUT2D eigenvalue weighted by molar-refractivity contribution is 0.0956. The molecular formula is C12H21N5OS. The van der Waals surface area contributed by atoms with E-state index in [1.54, 1.807) is 7.05 Å². The fourth-order valence-electron chi connectivity index (χ4n) is 2.19. The van der Waals surface area contributed by atoms with E-state index in [2.05, 4.69) is 20.5 Å². The number of likely N-dealkylation sites (tertiary alicyclic amines) is 1. The average Bonchev–Trinajstić information content (AvgIpc) is 3.03. The van der Waals surface area contributed by atoms with E-state index in [0.717, 1.165) is 13.0 Å². The Labute approximate surface area is 117 Å². The number of thiazole rings is 1. The summed E-state index contributed by atoms with van der Waals surface area (Å²) in [6.45, 7) is 4.13. The van der Waals surface area contributed by atoms with E-state index in [9.17, 15) is 4.79 Å². The van der Waals surface area contributed by atoms with Crippen LogP contribution in [-0.4, -0.2) is 49.0 Å². The number of nitrogens with two attached hydrogens (primary N) is 1. The van der Waals surface area contributed by atoms with Crippen molar-refractivity contribution in [3.05, 3.63) is 4.88 Å². The third-order valence-corrected chi connectivity index (χ3v) is 4.30. The van der Waals surface area contributed by atoms with Crippen LogP contribution in [0.5, 0.6) is 0 Å². The molecule has 0 bridgehead atoms. The van der Waals surface area contributed by atoms with Crippen molar-refractivity contribution in [3.63, 3.8) is 0 Å². The second kappa shape index (κ2) is 6.72. The van der Waals surface area contributed by atoms with Gasteiger partial charge in [-0.05, 0) is 38.9 Å².